The van der Waals surface area contributed by atoms with E-state index in [1.165, 1.54) is 6.07 Å². The lowest BCUT2D eigenvalue weighted by molar-refractivity contribution is 0.0504. The molecular formula is C15H20F2N2O2. The van der Waals surface area contributed by atoms with E-state index in [4.69, 9.17) is 4.74 Å². The maximum absolute atomic E-state index is 13.3. The molecule has 0 saturated carbocycles. The molecule has 1 heterocycles. The van der Waals surface area contributed by atoms with E-state index in [0.29, 0.717) is 18.7 Å². The van der Waals surface area contributed by atoms with Gasteiger partial charge < -0.3 is 15.4 Å². The van der Waals surface area contributed by atoms with Crippen molar-refractivity contribution in [3.05, 3.63) is 35.4 Å². The number of amides is 1. The van der Waals surface area contributed by atoms with Gasteiger partial charge in [0.2, 0.25) is 0 Å². The molecule has 4 nitrogen and oxygen atoms in total. The summed E-state index contributed by atoms with van der Waals surface area (Å²) < 4.78 is 31.6. The normalized spacial score (nSPS) is 22.1. The molecule has 1 aromatic rings. The van der Waals surface area contributed by atoms with E-state index in [-0.39, 0.29) is 12.0 Å². The van der Waals surface area contributed by atoms with Crippen LogP contribution in [0.25, 0.3) is 0 Å². The summed E-state index contributed by atoms with van der Waals surface area (Å²) in [6.07, 6.45) is -0.510. The summed E-state index contributed by atoms with van der Waals surface area (Å²) in [6.45, 7) is 6.50. The van der Waals surface area contributed by atoms with Gasteiger partial charge in [-0.15, -0.1) is 0 Å². The van der Waals surface area contributed by atoms with Gasteiger partial charge in [-0.05, 0) is 38.5 Å². The zero-order valence-electron chi connectivity index (χ0n) is 12.4. The molecular weight excluding hydrogens is 278 g/mol. The smallest absolute Gasteiger partial charge is 0.407 e. The maximum Gasteiger partial charge on any atom is 0.407 e. The van der Waals surface area contributed by atoms with Crippen LogP contribution in [0.3, 0.4) is 0 Å². The zero-order valence-corrected chi connectivity index (χ0v) is 12.4. The van der Waals surface area contributed by atoms with E-state index >= 15 is 0 Å². The highest BCUT2D eigenvalue weighted by Crippen LogP contribution is 2.24. The molecule has 2 rings (SSSR count). The molecule has 0 aliphatic carbocycles. The highest BCUT2D eigenvalue weighted by molar-refractivity contribution is 5.68. The largest absolute Gasteiger partial charge is 0.444 e. The molecule has 6 heteroatoms. The van der Waals surface area contributed by atoms with Crippen LogP contribution in [0.15, 0.2) is 18.2 Å². The molecule has 2 unspecified atom stereocenters. The van der Waals surface area contributed by atoms with E-state index in [2.05, 4.69) is 10.6 Å². The average molecular weight is 298 g/mol. The number of carbonyl (C=O) groups excluding carboxylic acids is 1. The SMILES string of the molecule is CC(C)(C)OC(=O)NC1CNCC1c1ccc(F)c(F)c1. The molecule has 2 atom stereocenters. The van der Waals surface area contributed by atoms with Crippen LogP contribution in [0.4, 0.5) is 13.6 Å². The molecule has 21 heavy (non-hydrogen) atoms. The van der Waals surface area contributed by atoms with E-state index in [9.17, 15) is 13.6 Å². The highest BCUT2D eigenvalue weighted by Gasteiger charge is 2.31. The van der Waals surface area contributed by atoms with Gasteiger partial charge in [-0.2, -0.15) is 0 Å². The Morgan fingerprint density at radius 1 is 1.29 bits per heavy atom. The second kappa shape index (κ2) is 5.97. The Bertz CT molecular complexity index is 529. The lowest BCUT2D eigenvalue weighted by atomic mass is 9.94. The van der Waals surface area contributed by atoms with Crippen molar-refractivity contribution in [3.63, 3.8) is 0 Å². The third-order valence-corrected chi connectivity index (χ3v) is 3.29. The highest BCUT2D eigenvalue weighted by atomic mass is 19.2. The summed E-state index contributed by atoms with van der Waals surface area (Å²) in [7, 11) is 0. The molecule has 1 aliphatic rings. The number of rotatable bonds is 2. The van der Waals surface area contributed by atoms with Gasteiger partial charge in [-0.25, -0.2) is 13.6 Å². The van der Waals surface area contributed by atoms with Crippen molar-refractivity contribution in [2.24, 2.45) is 0 Å². The van der Waals surface area contributed by atoms with Crippen molar-refractivity contribution < 1.29 is 18.3 Å². The Kier molecular flexibility index (Phi) is 4.46. The molecule has 1 saturated heterocycles. The van der Waals surface area contributed by atoms with E-state index in [1.807, 2.05) is 0 Å². The Labute approximate surface area is 122 Å². The molecule has 1 amide bonds. The van der Waals surface area contributed by atoms with Gasteiger partial charge in [0.1, 0.15) is 5.60 Å². The van der Waals surface area contributed by atoms with Crippen molar-refractivity contribution in [2.75, 3.05) is 13.1 Å². The van der Waals surface area contributed by atoms with Crippen molar-refractivity contribution in [1.29, 1.82) is 0 Å². The van der Waals surface area contributed by atoms with Crippen LogP contribution in [0.5, 0.6) is 0 Å². The van der Waals surface area contributed by atoms with Crippen LogP contribution in [0, 0.1) is 11.6 Å². The minimum absolute atomic E-state index is 0.118. The monoisotopic (exact) mass is 298 g/mol. The summed E-state index contributed by atoms with van der Waals surface area (Å²) in [4.78, 5) is 11.8. The minimum Gasteiger partial charge on any atom is -0.444 e. The average Bonchev–Trinajstić information content (AvgIpc) is 2.78. The minimum atomic E-state index is -0.879. The van der Waals surface area contributed by atoms with Gasteiger partial charge >= 0.3 is 6.09 Å². The molecule has 1 aliphatic heterocycles. The molecule has 0 spiro atoms. The molecule has 116 valence electrons. The van der Waals surface area contributed by atoms with Gasteiger partial charge in [0.05, 0.1) is 6.04 Å². The van der Waals surface area contributed by atoms with Crippen LogP contribution in [0.1, 0.15) is 32.3 Å². The fraction of sp³-hybridized carbons (Fsp3) is 0.533. The van der Waals surface area contributed by atoms with Gasteiger partial charge in [0.25, 0.3) is 0 Å². The maximum atomic E-state index is 13.3. The predicted octanol–water partition coefficient (Wildman–Crippen LogP) is 2.54. The van der Waals surface area contributed by atoms with Crippen molar-refractivity contribution in [3.8, 4) is 0 Å². The van der Waals surface area contributed by atoms with Crippen molar-refractivity contribution in [2.45, 2.75) is 38.3 Å². The number of ether oxygens (including phenoxy) is 1. The molecule has 1 aromatic carbocycles. The summed E-state index contributed by atoms with van der Waals surface area (Å²) in [6, 6.07) is 3.61. The number of carbonyl (C=O) groups is 1. The van der Waals surface area contributed by atoms with Crippen LogP contribution in [-0.2, 0) is 4.74 Å². The molecule has 2 N–H and O–H groups in total. The van der Waals surface area contributed by atoms with E-state index < -0.39 is 23.3 Å². The van der Waals surface area contributed by atoms with Gasteiger partial charge in [-0.3, -0.25) is 0 Å². The first-order valence-corrected chi connectivity index (χ1v) is 6.91. The standard InChI is InChI=1S/C15H20F2N2O2/c1-15(2,3)21-14(20)19-13-8-18-7-10(13)9-4-5-11(16)12(17)6-9/h4-6,10,13,18H,7-8H2,1-3H3,(H,19,20). The van der Waals surface area contributed by atoms with Gasteiger partial charge in [0.15, 0.2) is 11.6 Å². The van der Waals surface area contributed by atoms with Gasteiger partial charge in [0, 0.05) is 19.0 Å². The molecule has 1 fully saturated rings. The van der Waals surface area contributed by atoms with Crippen LogP contribution in [-0.4, -0.2) is 30.8 Å². The lowest BCUT2D eigenvalue weighted by Gasteiger charge is -2.24. The summed E-state index contributed by atoms with van der Waals surface area (Å²) >= 11 is 0. The van der Waals surface area contributed by atoms with Gasteiger partial charge in [-0.1, -0.05) is 6.07 Å². The topological polar surface area (TPSA) is 50.4 Å². The third-order valence-electron chi connectivity index (χ3n) is 3.29. The fourth-order valence-corrected chi connectivity index (χ4v) is 2.38. The fourth-order valence-electron chi connectivity index (χ4n) is 2.38. The summed E-state index contributed by atoms with van der Waals surface area (Å²) in [5.41, 5.74) is 0.0769. The number of benzene rings is 1. The number of halogens is 2. The Morgan fingerprint density at radius 3 is 2.62 bits per heavy atom. The number of alkyl carbamates (subject to hydrolysis) is 1. The lowest BCUT2D eigenvalue weighted by Crippen LogP contribution is -2.42. The summed E-state index contributed by atoms with van der Waals surface area (Å²) in [5.74, 6) is -1.87. The number of hydrogen-bond donors (Lipinski definition) is 2. The number of hydrogen-bond acceptors (Lipinski definition) is 3. The van der Waals surface area contributed by atoms with E-state index in [0.717, 1.165) is 6.07 Å². The van der Waals surface area contributed by atoms with Crippen molar-refractivity contribution >= 4 is 6.09 Å². The summed E-state index contributed by atoms with van der Waals surface area (Å²) in [5, 5.41) is 5.91. The van der Waals surface area contributed by atoms with Crippen LogP contribution < -0.4 is 10.6 Å². The molecule has 0 bridgehead atoms. The Morgan fingerprint density at radius 2 is 2.00 bits per heavy atom. The molecule has 0 radical (unpaired) electrons. The Hall–Kier alpha value is -1.69. The quantitative estimate of drug-likeness (QED) is 0.882. The number of nitrogens with one attached hydrogen (secondary N) is 2. The third kappa shape index (κ3) is 4.14. The molecule has 0 aromatic heterocycles. The predicted molar refractivity (Wildman–Crippen MR) is 75.1 cm³/mol. The van der Waals surface area contributed by atoms with Crippen molar-refractivity contribution in [1.82, 2.24) is 10.6 Å². The zero-order chi connectivity index (χ0) is 15.6. The van der Waals surface area contributed by atoms with E-state index in [1.54, 1.807) is 26.8 Å². The Balaban J connectivity index is 2.06. The van der Waals surface area contributed by atoms with Crippen LogP contribution >= 0.6 is 0 Å². The first kappa shape index (κ1) is 15.7. The second-order valence-electron chi connectivity index (χ2n) is 6.19. The van der Waals surface area contributed by atoms with Crippen LogP contribution in [0.2, 0.25) is 0 Å². The first-order valence-electron chi connectivity index (χ1n) is 6.91. The second-order valence-corrected chi connectivity index (χ2v) is 6.19. The first-order chi connectivity index (χ1) is 9.76.